The Morgan fingerprint density at radius 3 is 2.65 bits per heavy atom. The van der Waals surface area contributed by atoms with Gasteiger partial charge in [-0.2, -0.15) is 5.10 Å². The van der Waals surface area contributed by atoms with Crippen molar-refractivity contribution in [3.8, 4) is 16.9 Å². The second-order valence-corrected chi connectivity index (χ2v) is 7.70. The SMILES string of the molecule is COc1ccccc1-c1ccccc1C[C@@H]1CN(C(=O)c2cnn(C)c2)CCNC1=O. The Morgan fingerprint density at radius 2 is 1.90 bits per heavy atom. The number of para-hydroxylation sites is 1. The van der Waals surface area contributed by atoms with Crippen LogP contribution in [0.1, 0.15) is 15.9 Å². The number of amides is 2. The molecule has 7 nitrogen and oxygen atoms in total. The third-order valence-corrected chi connectivity index (χ3v) is 5.61. The lowest BCUT2D eigenvalue weighted by atomic mass is 9.91. The molecular weight excluding hydrogens is 392 g/mol. The molecule has 2 heterocycles. The van der Waals surface area contributed by atoms with Gasteiger partial charge in [0, 0.05) is 38.4 Å². The fourth-order valence-corrected chi connectivity index (χ4v) is 4.05. The summed E-state index contributed by atoms with van der Waals surface area (Å²) in [5, 5.41) is 7.05. The first-order valence-corrected chi connectivity index (χ1v) is 10.3. The van der Waals surface area contributed by atoms with Crippen molar-refractivity contribution >= 4 is 11.8 Å². The molecule has 2 amide bonds. The number of carbonyl (C=O) groups is 2. The summed E-state index contributed by atoms with van der Waals surface area (Å²) >= 11 is 0. The summed E-state index contributed by atoms with van der Waals surface area (Å²) in [6.07, 6.45) is 3.79. The van der Waals surface area contributed by atoms with Crippen LogP contribution in [0.25, 0.3) is 11.1 Å². The number of nitrogens with one attached hydrogen (secondary N) is 1. The normalized spacial score (nSPS) is 16.5. The molecule has 1 fully saturated rings. The van der Waals surface area contributed by atoms with E-state index >= 15 is 0 Å². The fourth-order valence-electron chi connectivity index (χ4n) is 4.05. The van der Waals surface area contributed by atoms with Crippen LogP contribution in [0, 0.1) is 5.92 Å². The zero-order valence-corrected chi connectivity index (χ0v) is 17.7. The lowest BCUT2D eigenvalue weighted by Gasteiger charge is -2.23. The summed E-state index contributed by atoms with van der Waals surface area (Å²) in [5.41, 5.74) is 3.59. The van der Waals surface area contributed by atoms with Crippen molar-refractivity contribution in [3.63, 3.8) is 0 Å². The van der Waals surface area contributed by atoms with Crippen LogP contribution in [0.15, 0.2) is 60.9 Å². The van der Waals surface area contributed by atoms with Gasteiger partial charge in [-0.3, -0.25) is 14.3 Å². The number of methoxy groups -OCH3 is 1. The van der Waals surface area contributed by atoms with Gasteiger partial charge in [-0.15, -0.1) is 0 Å². The van der Waals surface area contributed by atoms with E-state index in [2.05, 4.69) is 10.4 Å². The van der Waals surface area contributed by atoms with Crippen molar-refractivity contribution in [1.82, 2.24) is 20.0 Å². The maximum Gasteiger partial charge on any atom is 0.257 e. The summed E-state index contributed by atoms with van der Waals surface area (Å²) in [6.45, 7) is 1.28. The number of benzene rings is 2. The highest BCUT2D eigenvalue weighted by Crippen LogP contribution is 2.33. The van der Waals surface area contributed by atoms with Crippen molar-refractivity contribution in [3.05, 3.63) is 72.1 Å². The third-order valence-electron chi connectivity index (χ3n) is 5.61. The van der Waals surface area contributed by atoms with Crippen LogP contribution in [0.3, 0.4) is 0 Å². The summed E-state index contributed by atoms with van der Waals surface area (Å²) in [5.74, 6) is 0.302. The molecule has 0 radical (unpaired) electrons. The second kappa shape index (κ2) is 9.04. The predicted molar refractivity (Wildman–Crippen MR) is 118 cm³/mol. The molecule has 3 aromatic rings. The van der Waals surface area contributed by atoms with Crippen molar-refractivity contribution in [2.75, 3.05) is 26.7 Å². The van der Waals surface area contributed by atoms with Crippen molar-refractivity contribution < 1.29 is 14.3 Å². The van der Waals surface area contributed by atoms with Gasteiger partial charge in [-0.05, 0) is 23.6 Å². The van der Waals surface area contributed by atoms with Gasteiger partial charge in [-0.25, -0.2) is 0 Å². The van der Waals surface area contributed by atoms with Gasteiger partial charge >= 0.3 is 0 Å². The number of ether oxygens (including phenoxy) is 1. The molecule has 1 N–H and O–H groups in total. The molecule has 0 bridgehead atoms. The molecule has 0 unspecified atom stereocenters. The van der Waals surface area contributed by atoms with E-state index < -0.39 is 0 Å². The fraction of sp³-hybridized carbons (Fsp3) is 0.292. The van der Waals surface area contributed by atoms with Crippen molar-refractivity contribution in [2.45, 2.75) is 6.42 Å². The Bertz CT molecular complexity index is 1090. The first-order chi connectivity index (χ1) is 15.1. The molecule has 160 valence electrons. The van der Waals surface area contributed by atoms with E-state index in [1.165, 1.54) is 0 Å². The highest BCUT2D eigenvalue weighted by atomic mass is 16.5. The molecule has 1 saturated heterocycles. The van der Waals surface area contributed by atoms with Crippen LogP contribution in [0.4, 0.5) is 0 Å². The highest BCUT2D eigenvalue weighted by Gasteiger charge is 2.29. The van der Waals surface area contributed by atoms with E-state index in [-0.39, 0.29) is 17.7 Å². The van der Waals surface area contributed by atoms with Gasteiger partial charge in [0.1, 0.15) is 5.75 Å². The number of carbonyl (C=O) groups excluding carboxylic acids is 2. The monoisotopic (exact) mass is 418 g/mol. The standard InChI is InChI=1S/C24H26N4O3/c1-27-15-19(14-26-27)24(30)28-12-11-25-23(29)18(16-28)13-17-7-3-4-8-20(17)21-9-5-6-10-22(21)31-2/h3-10,14-15,18H,11-13,16H2,1-2H3,(H,25,29)/t18-/m1/s1. The molecule has 1 aliphatic rings. The molecule has 0 spiro atoms. The molecule has 1 aromatic heterocycles. The number of rotatable bonds is 5. The van der Waals surface area contributed by atoms with Gasteiger partial charge < -0.3 is 15.0 Å². The van der Waals surface area contributed by atoms with E-state index in [1.807, 2.05) is 48.5 Å². The summed E-state index contributed by atoms with van der Waals surface area (Å²) in [4.78, 5) is 27.5. The van der Waals surface area contributed by atoms with E-state index in [0.717, 1.165) is 22.4 Å². The number of hydrogen-bond donors (Lipinski definition) is 1. The van der Waals surface area contributed by atoms with Gasteiger partial charge in [0.2, 0.25) is 5.91 Å². The Kier molecular flexibility index (Phi) is 6.02. The smallest absolute Gasteiger partial charge is 0.257 e. The highest BCUT2D eigenvalue weighted by molar-refractivity contribution is 5.94. The van der Waals surface area contributed by atoms with Crippen LogP contribution >= 0.6 is 0 Å². The lowest BCUT2D eigenvalue weighted by molar-refractivity contribution is -0.124. The minimum Gasteiger partial charge on any atom is -0.496 e. The molecule has 7 heteroatoms. The van der Waals surface area contributed by atoms with Crippen LogP contribution in [-0.2, 0) is 18.3 Å². The van der Waals surface area contributed by atoms with Crippen LogP contribution < -0.4 is 10.1 Å². The van der Waals surface area contributed by atoms with Crippen LogP contribution in [0.2, 0.25) is 0 Å². The van der Waals surface area contributed by atoms with E-state index in [0.29, 0.717) is 31.6 Å². The second-order valence-electron chi connectivity index (χ2n) is 7.70. The average Bonchev–Trinajstić information content (AvgIpc) is 3.15. The van der Waals surface area contributed by atoms with Crippen molar-refractivity contribution in [2.24, 2.45) is 13.0 Å². The van der Waals surface area contributed by atoms with Crippen molar-refractivity contribution in [1.29, 1.82) is 0 Å². The number of aryl methyl sites for hydroxylation is 1. The number of hydrogen-bond acceptors (Lipinski definition) is 4. The van der Waals surface area contributed by atoms with E-state index in [1.54, 1.807) is 36.1 Å². The van der Waals surface area contributed by atoms with E-state index in [9.17, 15) is 9.59 Å². The van der Waals surface area contributed by atoms with E-state index in [4.69, 9.17) is 4.74 Å². The molecule has 0 saturated carbocycles. The zero-order valence-electron chi connectivity index (χ0n) is 17.7. The largest absolute Gasteiger partial charge is 0.496 e. The topological polar surface area (TPSA) is 76.5 Å². The molecule has 0 aliphatic carbocycles. The quantitative estimate of drug-likeness (QED) is 0.691. The molecule has 1 aliphatic heterocycles. The maximum absolute atomic E-state index is 13.0. The molecule has 2 aromatic carbocycles. The lowest BCUT2D eigenvalue weighted by Crippen LogP contribution is -2.37. The Hall–Kier alpha value is -3.61. The van der Waals surface area contributed by atoms with Crippen LogP contribution in [-0.4, -0.2) is 53.2 Å². The number of nitrogens with zero attached hydrogens (tertiary/aromatic N) is 3. The zero-order chi connectivity index (χ0) is 21.8. The summed E-state index contributed by atoms with van der Waals surface area (Å²) < 4.78 is 7.15. The summed E-state index contributed by atoms with van der Waals surface area (Å²) in [6, 6.07) is 15.9. The van der Waals surface area contributed by atoms with Gasteiger partial charge in [-0.1, -0.05) is 42.5 Å². The van der Waals surface area contributed by atoms with Gasteiger partial charge in [0.05, 0.1) is 24.8 Å². The Labute approximate surface area is 181 Å². The minimum absolute atomic E-state index is 0.0312. The first-order valence-electron chi connectivity index (χ1n) is 10.3. The third kappa shape index (κ3) is 4.45. The molecular formula is C24H26N4O3. The first kappa shape index (κ1) is 20.7. The molecule has 4 rings (SSSR count). The average molecular weight is 418 g/mol. The molecule has 31 heavy (non-hydrogen) atoms. The maximum atomic E-state index is 13.0. The summed E-state index contributed by atoms with van der Waals surface area (Å²) in [7, 11) is 3.43. The van der Waals surface area contributed by atoms with Gasteiger partial charge in [0.15, 0.2) is 0 Å². The molecule has 1 atom stereocenters. The Balaban J connectivity index is 1.61. The minimum atomic E-state index is -0.348. The Morgan fingerprint density at radius 1 is 1.16 bits per heavy atom. The predicted octanol–water partition coefficient (Wildman–Crippen LogP) is 2.53. The van der Waals surface area contributed by atoms with Crippen LogP contribution in [0.5, 0.6) is 5.75 Å². The number of aromatic nitrogens is 2. The van der Waals surface area contributed by atoms with Gasteiger partial charge in [0.25, 0.3) is 5.91 Å².